The minimum Gasteiger partial charge on any atom is -0.294 e. The molecule has 0 fully saturated rings. The van der Waals surface area contributed by atoms with Crippen molar-refractivity contribution in [3.8, 4) is 0 Å². The van der Waals surface area contributed by atoms with E-state index in [1.165, 1.54) is 23.2 Å². The van der Waals surface area contributed by atoms with Crippen LogP contribution in [0.4, 0.5) is 0 Å². The van der Waals surface area contributed by atoms with Gasteiger partial charge in [0, 0.05) is 5.56 Å². The van der Waals surface area contributed by atoms with Gasteiger partial charge in [0.2, 0.25) is 0 Å². The average Bonchev–Trinajstić information content (AvgIpc) is 2.33. The van der Waals surface area contributed by atoms with E-state index in [2.05, 4.69) is 0 Å². The Balaban J connectivity index is 2.98. The van der Waals surface area contributed by atoms with Gasteiger partial charge in [-0.15, -0.1) is 4.13 Å². The van der Waals surface area contributed by atoms with Crippen LogP contribution in [0.25, 0.3) is 0 Å². The summed E-state index contributed by atoms with van der Waals surface area (Å²) in [6, 6.07) is 3.76. The lowest BCUT2D eigenvalue weighted by Crippen LogP contribution is -2.22. The number of ketones is 1. The number of sulfonamides is 2. The fourth-order valence-corrected chi connectivity index (χ4v) is 5.46. The maximum atomic E-state index is 11.6. The summed E-state index contributed by atoms with van der Waals surface area (Å²) in [5, 5.41) is 0. The van der Waals surface area contributed by atoms with E-state index in [-0.39, 0.29) is 10.5 Å². The summed E-state index contributed by atoms with van der Waals surface area (Å²) in [6.45, 7) is 1.18. The Morgan fingerprint density at radius 3 is 2.31 bits per heavy atom. The van der Waals surface area contributed by atoms with Crippen molar-refractivity contribution in [1.29, 1.82) is 0 Å². The number of fused-ring (bicyclic) bond motifs is 1. The maximum absolute atomic E-state index is 11.6. The van der Waals surface area contributed by atoms with Crippen LogP contribution in [0.5, 0.6) is 0 Å². The van der Waals surface area contributed by atoms with Crippen molar-refractivity contribution in [3.05, 3.63) is 23.8 Å². The first-order chi connectivity index (χ1) is 7.26. The van der Waals surface area contributed by atoms with Crippen molar-refractivity contribution < 1.29 is 21.6 Å². The maximum Gasteiger partial charge on any atom is 0.255 e. The molecule has 0 bridgehead atoms. The second-order valence-electron chi connectivity index (χ2n) is 3.28. The van der Waals surface area contributed by atoms with Gasteiger partial charge < -0.3 is 0 Å². The smallest absolute Gasteiger partial charge is 0.255 e. The van der Waals surface area contributed by atoms with Crippen LogP contribution in [0.3, 0.4) is 0 Å². The molecule has 0 saturated carbocycles. The van der Waals surface area contributed by atoms with Crippen LogP contribution in [0.15, 0.2) is 28.0 Å². The van der Waals surface area contributed by atoms with Crippen molar-refractivity contribution in [1.82, 2.24) is 4.13 Å². The minimum absolute atomic E-state index is 0.119. The highest BCUT2D eigenvalue weighted by atomic mass is 32.3. The zero-order chi connectivity index (χ0) is 12.1. The summed E-state index contributed by atoms with van der Waals surface area (Å²) in [4.78, 5) is 10.4. The molecule has 1 aromatic rings. The Bertz CT molecular complexity index is 687. The zero-order valence-electron chi connectivity index (χ0n) is 8.09. The first kappa shape index (κ1) is 11.2. The van der Waals surface area contributed by atoms with E-state index in [1.807, 2.05) is 0 Å². The molecular formula is C8H7NO5S2. The molecule has 0 unspecified atom stereocenters. The van der Waals surface area contributed by atoms with Gasteiger partial charge >= 0.3 is 0 Å². The van der Waals surface area contributed by atoms with E-state index in [0.717, 1.165) is 6.07 Å². The standard InChI is InChI=1S/C8H7NO5S2/c1-5(10)6-3-2-4-7-8(6)16(13,14)9-15(7,11)12/h2-4,9H,1H3. The predicted molar refractivity (Wildman–Crippen MR) is 54.0 cm³/mol. The van der Waals surface area contributed by atoms with Crippen LogP contribution in [-0.2, 0) is 20.0 Å². The van der Waals surface area contributed by atoms with E-state index < -0.39 is 30.7 Å². The first-order valence-electron chi connectivity index (χ1n) is 4.18. The molecule has 1 heterocycles. The molecular weight excluding hydrogens is 254 g/mol. The topological polar surface area (TPSA) is 97.4 Å². The molecule has 0 amide bonds. The Morgan fingerprint density at radius 1 is 1.12 bits per heavy atom. The highest BCUT2D eigenvalue weighted by Gasteiger charge is 2.40. The molecule has 0 aromatic heterocycles. The SMILES string of the molecule is CC(=O)c1cccc2c1S(=O)(=O)NS2(=O)=O. The van der Waals surface area contributed by atoms with Gasteiger partial charge in [-0.1, -0.05) is 6.07 Å². The largest absolute Gasteiger partial charge is 0.294 e. The normalized spacial score (nSPS) is 20.3. The predicted octanol–water partition coefficient (Wildman–Crippen LogP) is -0.130. The fraction of sp³-hybridized carbons (Fsp3) is 0.125. The second-order valence-corrected chi connectivity index (χ2v) is 6.81. The van der Waals surface area contributed by atoms with Crippen molar-refractivity contribution in [2.75, 3.05) is 0 Å². The van der Waals surface area contributed by atoms with Crippen LogP contribution in [-0.4, -0.2) is 22.6 Å². The molecule has 0 spiro atoms. The number of hydrogen-bond donors (Lipinski definition) is 1. The van der Waals surface area contributed by atoms with Gasteiger partial charge in [-0.2, -0.15) is 0 Å². The van der Waals surface area contributed by atoms with Crippen molar-refractivity contribution >= 4 is 25.8 Å². The zero-order valence-corrected chi connectivity index (χ0v) is 9.72. The first-order valence-corrected chi connectivity index (χ1v) is 7.15. The lowest BCUT2D eigenvalue weighted by molar-refractivity contribution is 0.101. The van der Waals surface area contributed by atoms with Crippen molar-refractivity contribution in [3.63, 3.8) is 0 Å². The van der Waals surface area contributed by atoms with Gasteiger partial charge in [-0.25, -0.2) is 16.8 Å². The number of benzene rings is 1. The van der Waals surface area contributed by atoms with Gasteiger partial charge in [-0.05, 0) is 19.1 Å². The Labute approximate surface area is 92.4 Å². The van der Waals surface area contributed by atoms with Crippen LogP contribution < -0.4 is 4.13 Å². The van der Waals surface area contributed by atoms with Gasteiger partial charge in [0.05, 0.1) is 0 Å². The fourth-order valence-electron chi connectivity index (χ4n) is 1.51. The van der Waals surface area contributed by atoms with Crippen LogP contribution in [0.2, 0.25) is 0 Å². The van der Waals surface area contributed by atoms with E-state index in [9.17, 15) is 21.6 Å². The Hall–Kier alpha value is -1.25. The van der Waals surface area contributed by atoms with Crippen LogP contribution in [0.1, 0.15) is 17.3 Å². The Morgan fingerprint density at radius 2 is 1.75 bits per heavy atom. The summed E-state index contributed by atoms with van der Waals surface area (Å²) in [7, 11) is -8.21. The van der Waals surface area contributed by atoms with Gasteiger partial charge in [0.15, 0.2) is 5.78 Å². The van der Waals surface area contributed by atoms with E-state index in [1.54, 1.807) is 0 Å². The van der Waals surface area contributed by atoms with Gasteiger partial charge in [0.1, 0.15) is 9.79 Å². The molecule has 1 aliphatic heterocycles. The van der Waals surface area contributed by atoms with E-state index in [0.29, 0.717) is 0 Å². The molecule has 0 atom stereocenters. The molecule has 6 nitrogen and oxygen atoms in total. The van der Waals surface area contributed by atoms with Crippen molar-refractivity contribution in [2.24, 2.45) is 0 Å². The molecule has 2 rings (SSSR count). The summed E-state index contributed by atoms with van der Waals surface area (Å²) < 4.78 is 47.5. The molecule has 1 aromatic carbocycles. The molecule has 1 aliphatic rings. The average molecular weight is 261 g/mol. The second kappa shape index (κ2) is 3.12. The molecule has 1 N–H and O–H groups in total. The number of carbonyl (C=O) groups is 1. The monoisotopic (exact) mass is 261 g/mol. The molecule has 86 valence electrons. The molecule has 0 saturated heterocycles. The highest BCUT2D eigenvalue weighted by Crippen LogP contribution is 2.31. The van der Waals surface area contributed by atoms with Crippen LogP contribution in [0, 0.1) is 0 Å². The van der Waals surface area contributed by atoms with E-state index in [4.69, 9.17) is 0 Å². The van der Waals surface area contributed by atoms with Gasteiger partial charge in [0.25, 0.3) is 20.0 Å². The highest BCUT2D eigenvalue weighted by molar-refractivity contribution is 8.07. The number of carbonyl (C=O) groups excluding carboxylic acids is 1. The van der Waals surface area contributed by atoms with Crippen LogP contribution >= 0.6 is 0 Å². The third-order valence-corrected chi connectivity index (χ3v) is 5.92. The molecule has 0 radical (unpaired) electrons. The Kier molecular flexibility index (Phi) is 2.19. The summed E-state index contributed by atoms with van der Waals surface area (Å²) in [5.74, 6) is -0.501. The summed E-state index contributed by atoms with van der Waals surface area (Å²) >= 11 is 0. The van der Waals surface area contributed by atoms with E-state index >= 15 is 0 Å². The number of hydrogen-bond acceptors (Lipinski definition) is 5. The molecule has 0 aliphatic carbocycles. The third-order valence-electron chi connectivity index (χ3n) is 2.14. The quantitative estimate of drug-likeness (QED) is 0.710. The lowest BCUT2D eigenvalue weighted by Gasteiger charge is -2.00. The number of nitrogens with one attached hydrogen (secondary N) is 1. The third kappa shape index (κ3) is 1.46. The van der Waals surface area contributed by atoms with Crippen molar-refractivity contribution in [2.45, 2.75) is 16.7 Å². The number of Topliss-reactive ketones (excluding diaryl/α,β-unsaturated/α-hetero) is 1. The molecule has 8 heteroatoms. The minimum atomic E-state index is -4.15. The summed E-state index contributed by atoms with van der Waals surface area (Å²) in [6.07, 6.45) is 0. The number of rotatable bonds is 1. The van der Waals surface area contributed by atoms with Gasteiger partial charge in [-0.3, -0.25) is 4.79 Å². The lowest BCUT2D eigenvalue weighted by atomic mass is 10.1. The molecule has 16 heavy (non-hydrogen) atoms. The summed E-state index contributed by atoms with van der Waals surface area (Å²) in [5.41, 5.74) is -0.119.